The predicted octanol–water partition coefficient (Wildman–Crippen LogP) is 4.51. The molecule has 2 rings (SSSR count). The van der Waals surface area contributed by atoms with Gasteiger partial charge in [-0.2, -0.15) is 0 Å². The molecule has 0 saturated carbocycles. The van der Waals surface area contributed by atoms with Crippen molar-refractivity contribution < 1.29 is 0 Å². The van der Waals surface area contributed by atoms with Gasteiger partial charge in [0.05, 0.1) is 10.2 Å². The fourth-order valence-corrected chi connectivity index (χ4v) is 2.45. The predicted molar refractivity (Wildman–Crippen MR) is 86.0 cm³/mol. The lowest BCUT2D eigenvalue weighted by molar-refractivity contribution is 0.870. The van der Waals surface area contributed by atoms with E-state index in [1.807, 2.05) is 19.1 Å². The van der Waals surface area contributed by atoms with Gasteiger partial charge in [0.15, 0.2) is 5.82 Å². The summed E-state index contributed by atoms with van der Waals surface area (Å²) in [6.07, 6.45) is 1.91. The van der Waals surface area contributed by atoms with Gasteiger partial charge in [-0.3, -0.25) is 0 Å². The molecule has 0 fully saturated rings. The first kappa shape index (κ1) is 14.5. The number of nitrogen functional groups attached to an aromatic ring is 1. The minimum atomic E-state index is 0.494. The number of anilines is 1. The molecule has 100 valence electrons. The molecule has 0 saturated heterocycles. The van der Waals surface area contributed by atoms with Crippen molar-refractivity contribution in [3.8, 4) is 11.4 Å². The largest absolute Gasteiger partial charge is 0.383 e. The van der Waals surface area contributed by atoms with Crippen molar-refractivity contribution in [3.63, 3.8) is 0 Å². The van der Waals surface area contributed by atoms with Crippen molar-refractivity contribution in [2.24, 2.45) is 0 Å². The van der Waals surface area contributed by atoms with Gasteiger partial charge in [-0.05, 0) is 47.0 Å². The highest BCUT2D eigenvalue weighted by Crippen LogP contribution is 2.28. The van der Waals surface area contributed by atoms with Crippen molar-refractivity contribution in [2.45, 2.75) is 26.7 Å². The van der Waals surface area contributed by atoms with Crippen LogP contribution in [0, 0.1) is 6.92 Å². The quantitative estimate of drug-likeness (QED) is 0.846. The Kier molecular flexibility index (Phi) is 4.58. The van der Waals surface area contributed by atoms with Crippen LogP contribution in [0.15, 0.2) is 27.1 Å². The summed E-state index contributed by atoms with van der Waals surface area (Å²) in [4.78, 5) is 8.97. The zero-order valence-corrected chi connectivity index (χ0v) is 14.0. The number of nitrogens with two attached hydrogens (primary N) is 1. The third kappa shape index (κ3) is 3.15. The molecule has 0 amide bonds. The standard InChI is InChI=1S/C14H15Br2N3/c1-3-4-11-12(16)13(17)19-14(18-11)9-5-6-10(15)8(2)7-9/h5-7H,3-4H2,1-2H3,(H2,17,18,19). The third-order valence-corrected chi connectivity index (χ3v) is 4.60. The summed E-state index contributed by atoms with van der Waals surface area (Å²) >= 11 is 6.95. The molecular formula is C14H15Br2N3. The maximum atomic E-state index is 5.95. The van der Waals surface area contributed by atoms with Gasteiger partial charge in [0.2, 0.25) is 0 Å². The molecule has 3 nitrogen and oxygen atoms in total. The first-order chi connectivity index (χ1) is 9.02. The Morgan fingerprint density at radius 2 is 1.95 bits per heavy atom. The monoisotopic (exact) mass is 383 g/mol. The van der Waals surface area contributed by atoms with E-state index in [0.717, 1.165) is 38.6 Å². The maximum Gasteiger partial charge on any atom is 0.161 e. The van der Waals surface area contributed by atoms with Crippen LogP contribution in [0.1, 0.15) is 24.6 Å². The Balaban J connectivity index is 2.52. The molecular weight excluding hydrogens is 370 g/mol. The molecule has 5 heteroatoms. The Hall–Kier alpha value is -0.940. The molecule has 2 N–H and O–H groups in total. The molecule has 0 aliphatic rings. The van der Waals surface area contributed by atoms with E-state index < -0.39 is 0 Å². The maximum absolute atomic E-state index is 5.95. The average Bonchev–Trinajstić information content (AvgIpc) is 2.38. The lowest BCUT2D eigenvalue weighted by Crippen LogP contribution is -2.03. The summed E-state index contributed by atoms with van der Waals surface area (Å²) in [6, 6.07) is 6.06. The lowest BCUT2D eigenvalue weighted by atomic mass is 10.1. The number of benzene rings is 1. The van der Waals surface area contributed by atoms with Gasteiger partial charge < -0.3 is 5.73 Å². The van der Waals surface area contributed by atoms with Gasteiger partial charge in [0.25, 0.3) is 0 Å². The van der Waals surface area contributed by atoms with E-state index in [9.17, 15) is 0 Å². The normalized spacial score (nSPS) is 10.7. The highest BCUT2D eigenvalue weighted by Gasteiger charge is 2.11. The zero-order chi connectivity index (χ0) is 14.0. The highest BCUT2D eigenvalue weighted by molar-refractivity contribution is 9.11. The zero-order valence-electron chi connectivity index (χ0n) is 10.9. The van der Waals surface area contributed by atoms with Crippen LogP contribution in [0.2, 0.25) is 0 Å². The Morgan fingerprint density at radius 3 is 2.58 bits per heavy atom. The van der Waals surface area contributed by atoms with Crippen LogP contribution in [0.4, 0.5) is 5.82 Å². The first-order valence-electron chi connectivity index (χ1n) is 6.11. The molecule has 1 aromatic carbocycles. The summed E-state index contributed by atoms with van der Waals surface area (Å²) in [6.45, 7) is 4.16. The summed E-state index contributed by atoms with van der Waals surface area (Å²) < 4.78 is 1.89. The molecule has 0 bridgehead atoms. The van der Waals surface area contributed by atoms with Crippen molar-refractivity contribution in [1.82, 2.24) is 9.97 Å². The van der Waals surface area contributed by atoms with E-state index in [0.29, 0.717) is 11.6 Å². The van der Waals surface area contributed by atoms with Crippen LogP contribution >= 0.6 is 31.9 Å². The molecule has 0 spiro atoms. The highest BCUT2D eigenvalue weighted by atomic mass is 79.9. The SMILES string of the molecule is CCCc1nc(-c2ccc(Br)c(C)c2)nc(N)c1Br. The van der Waals surface area contributed by atoms with Gasteiger partial charge in [-0.15, -0.1) is 0 Å². The molecule has 1 heterocycles. The first-order valence-corrected chi connectivity index (χ1v) is 7.70. The number of halogens is 2. The van der Waals surface area contributed by atoms with E-state index in [1.165, 1.54) is 0 Å². The topological polar surface area (TPSA) is 51.8 Å². The van der Waals surface area contributed by atoms with E-state index in [2.05, 4.69) is 54.8 Å². The van der Waals surface area contributed by atoms with Gasteiger partial charge in [0.1, 0.15) is 5.82 Å². The minimum absolute atomic E-state index is 0.494. The van der Waals surface area contributed by atoms with E-state index in [4.69, 9.17) is 5.73 Å². The molecule has 0 aliphatic carbocycles. The van der Waals surface area contributed by atoms with Crippen molar-refractivity contribution in [1.29, 1.82) is 0 Å². The number of aromatic nitrogens is 2. The summed E-state index contributed by atoms with van der Waals surface area (Å²) in [5, 5.41) is 0. The molecule has 0 radical (unpaired) electrons. The smallest absolute Gasteiger partial charge is 0.161 e. The molecule has 0 atom stereocenters. The van der Waals surface area contributed by atoms with E-state index in [1.54, 1.807) is 0 Å². The van der Waals surface area contributed by atoms with Crippen LogP contribution in [-0.4, -0.2) is 9.97 Å². The third-order valence-electron chi connectivity index (χ3n) is 2.85. The second-order valence-corrected chi connectivity index (χ2v) is 6.05. The fourth-order valence-electron chi connectivity index (χ4n) is 1.83. The van der Waals surface area contributed by atoms with Gasteiger partial charge in [0, 0.05) is 10.0 Å². The molecule has 1 aromatic heterocycles. The van der Waals surface area contributed by atoms with Crippen molar-refractivity contribution >= 4 is 37.7 Å². The van der Waals surface area contributed by atoms with Crippen molar-refractivity contribution in [3.05, 3.63) is 38.4 Å². The van der Waals surface area contributed by atoms with Crippen LogP contribution in [-0.2, 0) is 6.42 Å². The van der Waals surface area contributed by atoms with Crippen LogP contribution in [0.5, 0.6) is 0 Å². The van der Waals surface area contributed by atoms with Gasteiger partial charge >= 0.3 is 0 Å². The minimum Gasteiger partial charge on any atom is -0.383 e. The lowest BCUT2D eigenvalue weighted by Gasteiger charge is -2.09. The van der Waals surface area contributed by atoms with E-state index in [-0.39, 0.29) is 0 Å². The summed E-state index contributed by atoms with van der Waals surface area (Å²) in [5.41, 5.74) is 9.05. The summed E-state index contributed by atoms with van der Waals surface area (Å²) in [5.74, 6) is 1.17. The number of hydrogen-bond acceptors (Lipinski definition) is 3. The number of nitrogens with zero attached hydrogens (tertiary/aromatic N) is 2. The second kappa shape index (κ2) is 6.01. The van der Waals surface area contributed by atoms with Gasteiger partial charge in [-0.25, -0.2) is 9.97 Å². The number of aryl methyl sites for hydroxylation is 2. The molecule has 0 unspecified atom stereocenters. The number of rotatable bonds is 3. The fraction of sp³-hybridized carbons (Fsp3) is 0.286. The van der Waals surface area contributed by atoms with Crippen LogP contribution in [0.25, 0.3) is 11.4 Å². The Labute approximate surface area is 129 Å². The molecule has 19 heavy (non-hydrogen) atoms. The van der Waals surface area contributed by atoms with Gasteiger partial charge in [-0.1, -0.05) is 35.3 Å². The Morgan fingerprint density at radius 1 is 1.21 bits per heavy atom. The van der Waals surface area contributed by atoms with Crippen molar-refractivity contribution in [2.75, 3.05) is 5.73 Å². The average molecular weight is 385 g/mol. The Bertz CT molecular complexity index is 612. The van der Waals surface area contributed by atoms with Crippen LogP contribution < -0.4 is 5.73 Å². The molecule has 2 aromatic rings. The summed E-state index contributed by atoms with van der Waals surface area (Å²) in [7, 11) is 0. The van der Waals surface area contributed by atoms with E-state index >= 15 is 0 Å². The van der Waals surface area contributed by atoms with Crippen LogP contribution in [0.3, 0.4) is 0 Å². The second-order valence-electron chi connectivity index (χ2n) is 4.41. The number of hydrogen-bond donors (Lipinski definition) is 1. The molecule has 0 aliphatic heterocycles.